The van der Waals surface area contributed by atoms with Crippen LogP contribution in [0.5, 0.6) is 0 Å². The van der Waals surface area contributed by atoms with E-state index < -0.39 is 6.10 Å². The molecule has 0 fully saturated rings. The summed E-state index contributed by atoms with van der Waals surface area (Å²) in [6, 6.07) is 4.03. The Labute approximate surface area is 165 Å². The third-order valence-electron chi connectivity index (χ3n) is 5.35. The predicted octanol–water partition coefficient (Wildman–Crippen LogP) is 6.36. The van der Waals surface area contributed by atoms with Crippen LogP contribution in [0.25, 0.3) is 0 Å². The fourth-order valence-corrected chi connectivity index (χ4v) is 3.77. The van der Waals surface area contributed by atoms with E-state index in [9.17, 15) is 9.59 Å². The highest BCUT2D eigenvalue weighted by Gasteiger charge is 2.29. The average molecular weight is 375 g/mol. The number of benzene rings is 1. The lowest BCUT2D eigenvalue weighted by Gasteiger charge is -2.23. The molecule has 3 heteroatoms. The molecule has 0 radical (unpaired) electrons. The Bertz CT molecular complexity index is 608. The van der Waals surface area contributed by atoms with Crippen LogP contribution in [0.4, 0.5) is 0 Å². The zero-order valence-corrected chi connectivity index (χ0v) is 18.4. The number of unbranched alkanes of at least 4 members (excludes halogenated alkanes) is 1. The van der Waals surface area contributed by atoms with E-state index in [1.54, 1.807) is 0 Å². The van der Waals surface area contributed by atoms with Crippen LogP contribution in [0.2, 0.25) is 0 Å². The molecule has 0 bridgehead atoms. The average Bonchev–Trinajstić information content (AvgIpc) is 2.58. The van der Waals surface area contributed by atoms with Gasteiger partial charge in [-0.05, 0) is 50.2 Å². The van der Waals surface area contributed by atoms with Crippen molar-refractivity contribution < 1.29 is 14.3 Å². The molecule has 0 spiro atoms. The smallest absolute Gasteiger partial charge is 0.306 e. The Morgan fingerprint density at radius 1 is 1.00 bits per heavy atom. The number of carbonyl (C=O) groups excluding carboxylic acids is 2. The van der Waals surface area contributed by atoms with Gasteiger partial charge >= 0.3 is 5.97 Å². The molecule has 27 heavy (non-hydrogen) atoms. The fourth-order valence-electron chi connectivity index (χ4n) is 3.77. The first-order valence-corrected chi connectivity index (χ1v) is 10.5. The van der Waals surface area contributed by atoms with Gasteiger partial charge in [-0.2, -0.15) is 0 Å². The zero-order chi connectivity index (χ0) is 20.6. The van der Waals surface area contributed by atoms with Gasteiger partial charge in [0.05, 0.1) is 0 Å². The number of ether oxygens (including phenoxy) is 1. The Hall–Kier alpha value is -1.64. The van der Waals surface area contributed by atoms with Crippen molar-refractivity contribution in [1.29, 1.82) is 0 Å². The molecular weight excluding hydrogens is 336 g/mol. The SMILES string of the molecule is CCCCC(CC)CCC(=O)OC(C(=O)c1c(C)cc(C)cc1C)C(C)C. The largest absolute Gasteiger partial charge is 0.454 e. The molecule has 2 unspecified atom stereocenters. The molecule has 0 N–H and O–H groups in total. The summed E-state index contributed by atoms with van der Waals surface area (Å²) < 4.78 is 5.68. The minimum atomic E-state index is -0.715. The third-order valence-corrected chi connectivity index (χ3v) is 5.35. The predicted molar refractivity (Wildman–Crippen MR) is 112 cm³/mol. The number of hydrogen-bond donors (Lipinski definition) is 0. The van der Waals surface area contributed by atoms with Gasteiger partial charge in [0.25, 0.3) is 0 Å². The van der Waals surface area contributed by atoms with Gasteiger partial charge in [-0.3, -0.25) is 9.59 Å². The standard InChI is InChI=1S/C24H38O3/c1-8-10-11-20(9-2)12-13-21(25)27-24(16(3)4)23(26)22-18(6)14-17(5)15-19(22)7/h14-16,20,24H,8-13H2,1-7H3. The van der Waals surface area contributed by atoms with E-state index in [0.717, 1.165) is 36.0 Å². The second-order valence-electron chi connectivity index (χ2n) is 8.25. The van der Waals surface area contributed by atoms with Crippen molar-refractivity contribution in [3.63, 3.8) is 0 Å². The Kier molecular flexibility index (Phi) is 9.76. The maximum absolute atomic E-state index is 13.1. The van der Waals surface area contributed by atoms with E-state index in [4.69, 9.17) is 4.74 Å². The van der Waals surface area contributed by atoms with Crippen LogP contribution in [0.3, 0.4) is 0 Å². The highest BCUT2D eigenvalue weighted by Crippen LogP contribution is 2.23. The van der Waals surface area contributed by atoms with Gasteiger partial charge in [0.15, 0.2) is 6.10 Å². The maximum atomic E-state index is 13.1. The summed E-state index contributed by atoms with van der Waals surface area (Å²) in [4.78, 5) is 25.6. The number of Topliss-reactive ketones (excluding diaryl/α,β-unsaturated/α-hetero) is 1. The molecule has 0 amide bonds. The van der Waals surface area contributed by atoms with Crippen LogP contribution in [0, 0.1) is 32.6 Å². The Balaban J connectivity index is 2.82. The summed E-state index contributed by atoms with van der Waals surface area (Å²) in [5.41, 5.74) is 3.73. The van der Waals surface area contributed by atoms with Gasteiger partial charge < -0.3 is 4.74 Å². The number of ketones is 1. The first-order valence-electron chi connectivity index (χ1n) is 10.5. The zero-order valence-electron chi connectivity index (χ0n) is 18.4. The van der Waals surface area contributed by atoms with Crippen LogP contribution in [-0.2, 0) is 9.53 Å². The molecule has 0 aliphatic carbocycles. The van der Waals surface area contributed by atoms with Crippen LogP contribution in [0.15, 0.2) is 12.1 Å². The summed E-state index contributed by atoms with van der Waals surface area (Å²) in [6.07, 6.45) is 5.15. The molecule has 0 aromatic heterocycles. The van der Waals surface area contributed by atoms with Crippen LogP contribution in [-0.4, -0.2) is 17.9 Å². The van der Waals surface area contributed by atoms with E-state index in [0.29, 0.717) is 17.9 Å². The van der Waals surface area contributed by atoms with Crippen molar-refractivity contribution >= 4 is 11.8 Å². The van der Waals surface area contributed by atoms with Gasteiger partial charge in [0, 0.05) is 12.0 Å². The van der Waals surface area contributed by atoms with E-state index in [1.165, 1.54) is 12.8 Å². The van der Waals surface area contributed by atoms with Crippen molar-refractivity contribution in [3.05, 3.63) is 34.4 Å². The van der Waals surface area contributed by atoms with Crippen LogP contribution >= 0.6 is 0 Å². The highest BCUT2D eigenvalue weighted by molar-refractivity contribution is 6.03. The minimum Gasteiger partial charge on any atom is -0.454 e. The molecule has 3 nitrogen and oxygen atoms in total. The number of aryl methyl sites for hydroxylation is 3. The molecule has 1 rings (SSSR count). The van der Waals surface area contributed by atoms with Crippen LogP contribution < -0.4 is 0 Å². The molecule has 152 valence electrons. The lowest BCUT2D eigenvalue weighted by molar-refractivity contribution is -0.149. The third kappa shape index (κ3) is 7.12. The second kappa shape index (κ2) is 11.3. The first-order chi connectivity index (χ1) is 12.7. The number of rotatable bonds is 11. The quantitative estimate of drug-likeness (QED) is 0.334. The van der Waals surface area contributed by atoms with Crippen LogP contribution in [0.1, 0.15) is 93.3 Å². The van der Waals surface area contributed by atoms with E-state index in [2.05, 4.69) is 13.8 Å². The minimum absolute atomic E-state index is 0.0522. The highest BCUT2D eigenvalue weighted by atomic mass is 16.5. The molecule has 1 aromatic carbocycles. The molecule has 0 saturated carbocycles. The van der Waals surface area contributed by atoms with E-state index in [1.807, 2.05) is 46.8 Å². The molecular formula is C24H38O3. The first kappa shape index (κ1) is 23.4. The van der Waals surface area contributed by atoms with Crippen molar-refractivity contribution in [2.24, 2.45) is 11.8 Å². The summed E-state index contributed by atoms with van der Waals surface area (Å²) in [7, 11) is 0. The lowest BCUT2D eigenvalue weighted by atomic mass is 9.90. The topological polar surface area (TPSA) is 43.4 Å². The molecule has 0 aliphatic rings. The fraction of sp³-hybridized carbons (Fsp3) is 0.667. The molecule has 0 aliphatic heterocycles. The molecule has 2 atom stereocenters. The van der Waals surface area contributed by atoms with Crippen molar-refractivity contribution in [3.8, 4) is 0 Å². The number of esters is 1. The molecule has 0 heterocycles. The monoisotopic (exact) mass is 374 g/mol. The normalized spacial score (nSPS) is 13.5. The Morgan fingerprint density at radius 2 is 1.59 bits per heavy atom. The second-order valence-corrected chi connectivity index (χ2v) is 8.25. The van der Waals surface area contributed by atoms with Gasteiger partial charge in [-0.1, -0.05) is 71.1 Å². The van der Waals surface area contributed by atoms with E-state index >= 15 is 0 Å². The number of carbonyl (C=O) groups is 2. The molecule has 0 saturated heterocycles. The molecule has 1 aromatic rings. The summed E-state index contributed by atoms with van der Waals surface area (Å²) in [6.45, 7) is 14.2. The van der Waals surface area contributed by atoms with Crippen molar-refractivity contribution in [2.75, 3.05) is 0 Å². The summed E-state index contributed by atoms with van der Waals surface area (Å²) in [5.74, 6) is 0.182. The van der Waals surface area contributed by atoms with Gasteiger partial charge in [0.1, 0.15) is 0 Å². The summed E-state index contributed by atoms with van der Waals surface area (Å²) >= 11 is 0. The maximum Gasteiger partial charge on any atom is 0.306 e. The van der Waals surface area contributed by atoms with E-state index in [-0.39, 0.29) is 17.7 Å². The number of hydrogen-bond acceptors (Lipinski definition) is 3. The van der Waals surface area contributed by atoms with Crippen molar-refractivity contribution in [1.82, 2.24) is 0 Å². The summed E-state index contributed by atoms with van der Waals surface area (Å²) in [5, 5.41) is 0. The Morgan fingerprint density at radius 3 is 2.07 bits per heavy atom. The van der Waals surface area contributed by atoms with Gasteiger partial charge in [-0.25, -0.2) is 0 Å². The van der Waals surface area contributed by atoms with Crippen molar-refractivity contribution in [2.45, 2.75) is 93.1 Å². The van der Waals surface area contributed by atoms with Gasteiger partial charge in [0.2, 0.25) is 5.78 Å². The van der Waals surface area contributed by atoms with Gasteiger partial charge in [-0.15, -0.1) is 0 Å². The lowest BCUT2D eigenvalue weighted by Crippen LogP contribution is -2.33.